The van der Waals surface area contributed by atoms with Gasteiger partial charge in [0.25, 0.3) is 0 Å². The largest absolute Gasteiger partial charge is 0.466 e. The van der Waals surface area contributed by atoms with E-state index in [9.17, 15) is 18.8 Å². The summed E-state index contributed by atoms with van der Waals surface area (Å²) in [6.07, 6.45) is 2.39. The van der Waals surface area contributed by atoms with Crippen LogP contribution in [-0.2, 0) is 25.5 Å². The molecule has 0 aromatic heterocycles. The Morgan fingerprint density at radius 2 is 2.12 bits per heavy atom. The minimum absolute atomic E-state index is 0.0122. The van der Waals surface area contributed by atoms with Gasteiger partial charge in [0.05, 0.1) is 6.61 Å². The van der Waals surface area contributed by atoms with Crippen molar-refractivity contribution in [1.82, 2.24) is 0 Å². The molecule has 0 saturated heterocycles. The van der Waals surface area contributed by atoms with Gasteiger partial charge in [0.15, 0.2) is 5.78 Å². The lowest BCUT2D eigenvalue weighted by atomic mass is 9.67. The quantitative estimate of drug-likeness (QED) is 0.403. The third-order valence-corrected chi connectivity index (χ3v) is 4.61. The van der Waals surface area contributed by atoms with Crippen LogP contribution in [0.2, 0.25) is 0 Å². The zero-order valence-electron chi connectivity index (χ0n) is 14.9. The van der Waals surface area contributed by atoms with Crippen molar-refractivity contribution in [3.05, 3.63) is 47.8 Å². The molecule has 0 heterocycles. The monoisotopic (exact) mass is 362 g/mol. The van der Waals surface area contributed by atoms with Gasteiger partial charge in [-0.25, -0.2) is 4.39 Å². The van der Waals surface area contributed by atoms with Crippen LogP contribution in [0.5, 0.6) is 0 Å². The molecule has 0 aliphatic heterocycles. The summed E-state index contributed by atoms with van der Waals surface area (Å²) in [5.41, 5.74) is -0.867. The number of carbonyl (C=O) groups excluding carboxylic acids is 3. The molecule has 0 amide bonds. The van der Waals surface area contributed by atoms with E-state index < -0.39 is 23.0 Å². The van der Waals surface area contributed by atoms with Crippen molar-refractivity contribution in [3.63, 3.8) is 0 Å². The maximum absolute atomic E-state index is 14.0. The number of rotatable bonds is 8. The van der Waals surface area contributed by atoms with Gasteiger partial charge in [0, 0.05) is 12.0 Å². The Bertz CT molecular complexity index is 712. The third kappa shape index (κ3) is 4.00. The van der Waals surface area contributed by atoms with Crippen molar-refractivity contribution in [2.45, 2.75) is 39.0 Å². The summed E-state index contributed by atoms with van der Waals surface area (Å²) in [6.45, 7) is 5.47. The number of benzene rings is 1. The minimum atomic E-state index is -1.41. The van der Waals surface area contributed by atoms with E-state index in [0.717, 1.165) is 0 Å². The van der Waals surface area contributed by atoms with E-state index >= 15 is 0 Å². The molecule has 26 heavy (non-hydrogen) atoms. The summed E-state index contributed by atoms with van der Waals surface area (Å²) in [6, 6.07) is 4.28. The molecule has 0 bridgehead atoms. The zero-order chi connectivity index (χ0) is 19.2. The number of ether oxygens (including phenoxy) is 2. The molecule has 0 spiro atoms. The van der Waals surface area contributed by atoms with E-state index in [-0.39, 0.29) is 50.4 Å². The van der Waals surface area contributed by atoms with Crippen LogP contribution in [0.15, 0.2) is 30.9 Å². The van der Waals surface area contributed by atoms with Crippen LogP contribution in [0.4, 0.5) is 4.39 Å². The van der Waals surface area contributed by atoms with Crippen molar-refractivity contribution in [2.24, 2.45) is 5.41 Å². The van der Waals surface area contributed by atoms with Crippen LogP contribution in [0.1, 0.15) is 48.5 Å². The lowest BCUT2D eigenvalue weighted by Gasteiger charge is -2.34. The smallest absolute Gasteiger partial charge is 0.320 e. The van der Waals surface area contributed by atoms with E-state index in [0.29, 0.717) is 12.0 Å². The van der Waals surface area contributed by atoms with Crippen molar-refractivity contribution in [1.29, 1.82) is 0 Å². The molecule has 0 N–H and O–H groups in total. The maximum atomic E-state index is 14.0. The average Bonchev–Trinajstić information content (AvgIpc) is 2.62. The highest BCUT2D eigenvalue weighted by molar-refractivity contribution is 6.14. The van der Waals surface area contributed by atoms with Crippen molar-refractivity contribution >= 4 is 17.7 Å². The van der Waals surface area contributed by atoms with Gasteiger partial charge in [-0.15, -0.1) is 0 Å². The second kappa shape index (κ2) is 8.74. The van der Waals surface area contributed by atoms with Gasteiger partial charge < -0.3 is 9.47 Å². The Morgan fingerprint density at radius 3 is 2.81 bits per heavy atom. The van der Waals surface area contributed by atoms with E-state index in [1.165, 1.54) is 24.3 Å². The van der Waals surface area contributed by atoms with Crippen LogP contribution in [0, 0.1) is 11.2 Å². The number of esters is 2. The van der Waals surface area contributed by atoms with Crippen LogP contribution in [0.25, 0.3) is 0 Å². The summed E-state index contributed by atoms with van der Waals surface area (Å²) in [4.78, 5) is 37.3. The first-order valence-corrected chi connectivity index (χ1v) is 8.72. The molecule has 0 radical (unpaired) electrons. The maximum Gasteiger partial charge on any atom is 0.320 e. The summed E-state index contributed by atoms with van der Waals surface area (Å²) in [5.74, 6) is -1.93. The highest BCUT2D eigenvalue weighted by Crippen LogP contribution is 2.41. The first kappa shape index (κ1) is 19.8. The Morgan fingerprint density at radius 1 is 1.35 bits per heavy atom. The second-order valence-electron chi connectivity index (χ2n) is 6.22. The van der Waals surface area contributed by atoms with Crippen molar-refractivity contribution in [2.75, 3.05) is 13.2 Å². The molecular formula is C20H23FO5. The third-order valence-electron chi connectivity index (χ3n) is 4.61. The molecular weight excluding hydrogens is 339 g/mol. The number of carbonyl (C=O) groups is 3. The lowest BCUT2D eigenvalue weighted by Crippen LogP contribution is -2.44. The van der Waals surface area contributed by atoms with Crippen LogP contribution >= 0.6 is 0 Å². The van der Waals surface area contributed by atoms with E-state index in [1.54, 1.807) is 6.92 Å². The number of Topliss-reactive ketones (excluding diaryl/α,β-unsaturated/α-hetero) is 1. The number of ketones is 1. The molecule has 1 aromatic carbocycles. The Labute approximate surface area is 152 Å². The van der Waals surface area contributed by atoms with Gasteiger partial charge in [-0.3, -0.25) is 14.4 Å². The number of halogens is 1. The van der Waals surface area contributed by atoms with Crippen molar-refractivity contribution in [3.8, 4) is 0 Å². The molecule has 1 atom stereocenters. The lowest BCUT2D eigenvalue weighted by molar-refractivity contribution is -0.153. The Balaban J connectivity index is 2.27. The molecule has 1 aromatic rings. The van der Waals surface area contributed by atoms with Gasteiger partial charge in [-0.05, 0) is 44.2 Å². The highest BCUT2D eigenvalue weighted by atomic mass is 19.1. The Hall–Kier alpha value is -2.50. The van der Waals surface area contributed by atoms with E-state index in [4.69, 9.17) is 9.47 Å². The van der Waals surface area contributed by atoms with Crippen LogP contribution < -0.4 is 0 Å². The second-order valence-corrected chi connectivity index (χ2v) is 6.22. The molecule has 5 nitrogen and oxygen atoms in total. The van der Waals surface area contributed by atoms with E-state index in [2.05, 4.69) is 6.58 Å². The fourth-order valence-electron chi connectivity index (χ4n) is 3.31. The summed E-state index contributed by atoms with van der Waals surface area (Å²) < 4.78 is 24.1. The molecule has 1 aliphatic carbocycles. The summed E-state index contributed by atoms with van der Waals surface area (Å²) >= 11 is 0. The fourth-order valence-corrected chi connectivity index (χ4v) is 3.31. The number of hydrogen-bond acceptors (Lipinski definition) is 5. The first-order chi connectivity index (χ1) is 12.5. The van der Waals surface area contributed by atoms with Gasteiger partial charge in [-0.1, -0.05) is 24.8 Å². The predicted molar refractivity (Wildman–Crippen MR) is 93.1 cm³/mol. The molecule has 0 fully saturated rings. The fraction of sp³-hybridized carbons (Fsp3) is 0.450. The zero-order valence-corrected chi connectivity index (χ0v) is 14.9. The predicted octanol–water partition coefficient (Wildman–Crippen LogP) is 3.40. The Kier molecular flexibility index (Phi) is 6.66. The van der Waals surface area contributed by atoms with Gasteiger partial charge in [-0.2, -0.15) is 0 Å². The first-order valence-electron chi connectivity index (χ1n) is 8.72. The minimum Gasteiger partial charge on any atom is -0.466 e. The normalized spacial score (nSPS) is 18.8. The molecule has 1 aliphatic rings. The molecule has 6 heteroatoms. The summed E-state index contributed by atoms with van der Waals surface area (Å²) in [7, 11) is 0. The molecule has 140 valence electrons. The standard InChI is InChI=1S/C20H23FO5/c1-3-13-26-19(24)20(11-6-9-17(22)25-4-2)12-10-14-15(18(20)23)7-5-8-16(14)21/h3,5,7-8H,1,4,6,9-13H2,2H3. The SMILES string of the molecule is C=CCOC(=O)C1(CCCC(=O)OCC)CCc2c(F)cccc2C1=O. The van der Waals surface area contributed by atoms with Crippen LogP contribution in [-0.4, -0.2) is 30.9 Å². The average molecular weight is 362 g/mol. The summed E-state index contributed by atoms with van der Waals surface area (Å²) in [5, 5.41) is 0. The topological polar surface area (TPSA) is 69.7 Å². The molecule has 0 saturated carbocycles. The van der Waals surface area contributed by atoms with Gasteiger partial charge >= 0.3 is 11.9 Å². The number of hydrogen-bond donors (Lipinski definition) is 0. The van der Waals surface area contributed by atoms with Gasteiger partial charge in [0.1, 0.15) is 17.8 Å². The van der Waals surface area contributed by atoms with Crippen molar-refractivity contribution < 1.29 is 28.2 Å². The molecule has 1 unspecified atom stereocenters. The number of fused-ring (bicyclic) bond motifs is 1. The van der Waals surface area contributed by atoms with Gasteiger partial charge in [0.2, 0.25) is 0 Å². The van der Waals surface area contributed by atoms with E-state index in [1.807, 2.05) is 0 Å². The van der Waals surface area contributed by atoms with Crippen LogP contribution in [0.3, 0.4) is 0 Å². The highest BCUT2D eigenvalue weighted by Gasteiger charge is 2.50. The molecule has 2 rings (SSSR count).